The molecule has 0 saturated heterocycles. The Hall–Kier alpha value is -1.11. The molecule has 1 rings (SSSR count). The average molecular weight is 314 g/mol. The second kappa shape index (κ2) is 8.36. The fourth-order valence-corrected chi connectivity index (χ4v) is 2.89. The minimum absolute atomic E-state index is 0.272. The molecule has 2 N–H and O–H groups in total. The third kappa shape index (κ3) is 5.65. The summed E-state index contributed by atoms with van der Waals surface area (Å²) in [6.07, 6.45) is 0.911. The molecule has 0 unspecified atom stereocenters. The lowest BCUT2D eigenvalue weighted by Gasteiger charge is -2.15. The van der Waals surface area contributed by atoms with Crippen LogP contribution in [0, 0.1) is 0 Å². The number of hydrogen-bond donors (Lipinski definition) is 2. The zero-order valence-corrected chi connectivity index (χ0v) is 14.1. The van der Waals surface area contributed by atoms with E-state index in [9.17, 15) is 8.42 Å². The van der Waals surface area contributed by atoms with E-state index in [0.29, 0.717) is 25.7 Å². The first-order valence-corrected chi connectivity index (χ1v) is 8.87. The summed E-state index contributed by atoms with van der Waals surface area (Å²) in [4.78, 5) is 0.272. The van der Waals surface area contributed by atoms with E-state index < -0.39 is 10.0 Å². The summed E-state index contributed by atoms with van der Waals surface area (Å²) in [5.74, 6) is 0.737. The van der Waals surface area contributed by atoms with Gasteiger partial charge >= 0.3 is 0 Å². The van der Waals surface area contributed by atoms with E-state index in [1.54, 1.807) is 25.1 Å². The number of ether oxygens (including phenoxy) is 1. The molecule has 0 aliphatic rings. The maximum Gasteiger partial charge on any atom is 0.240 e. The largest absolute Gasteiger partial charge is 0.493 e. The Morgan fingerprint density at radius 2 is 1.95 bits per heavy atom. The van der Waals surface area contributed by atoms with Crippen LogP contribution in [0.15, 0.2) is 23.1 Å². The second-order valence-corrected chi connectivity index (χ2v) is 6.92. The first kappa shape index (κ1) is 17.9. The standard InChI is InChI=1S/C15H26N2O3S/c1-5-9-20-15-8-7-14(21(18,19)17-6-2)10-13(15)11-16-12(3)4/h7-8,10,12,16-17H,5-6,9,11H2,1-4H3. The van der Waals surface area contributed by atoms with Crippen molar-refractivity contribution < 1.29 is 13.2 Å². The summed E-state index contributed by atoms with van der Waals surface area (Å²) >= 11 is 0. The van der Waals surface area contributed by atoms with Crippen LogP contribution in [0.2, 0.25) is 0 Å². The van der Waals surface area contributed by atoms with Gasteiger partial charge in [0.05, 0.1) is 11.5 Å². The molecule has 0 spiro atoms. The van der Waals surface area contributed by atoms with Crippen LogP contribution in [0.5, 0.6) is 5.75 Å². The molecule has 0 fully saturated rings. The van der Waals surface area contributed by atoms with Crippen molar-refractivity contribution in [3.8, 4) is 5.75 Å². The van der Waals surface area contributed by atoms with Crippen molar-refractivity contribution in [2.24, 2.45) is 0 Å². The Bertz CT molecular complexity index is 542. The maximum atomic E-state index is 12.1. The van der Waals surface area contributed by atoms with Gasteiger partial charge in [0.15, 0.2) is 0 Å². The monoisotopic (exact) mass is 314 g/mol. The van der Waals surface area contributed by atoms with Crippen LogP contribution < -0.4 is 14.8 Å². The SMILES string of the molecule is CCCOc1ccc(S(=O)(=O)NCC)cc1CNC(C)C. The van der Waals surface area contributed by atoms with Crippen molar-refractivity contribution in [3.63, 3.8) is 0 Å². The van der Waals surface area contributed by atoms with E-state index in [1.807, 2.05) is 20.8 Å². The molecule has 0 aromatic heterocycles. The van der Waals surface area contributed by atoms with Crippen LogP contribution >= 0.6 is 0 Å². The van der Waals surface area contributed by atoms with Gasteiger partial charge in [-0.05, 0) is 24.6 Å². The molecule has 21 heavy (non-hydrogen) atoms. The summed E-state index contributed by atoms with van der Waals surface area (Å²) in [6, 6.07) is 5.32. The first-order chi connectivity index (χ1) is 9.90. The van der Waals surface area contributed by atoms with Gasteiger partial charge < -0.3 is 10.1 Å². The van der Waals surface area contributed by atoms with Gasteiger partial charge in [0, 0.05) is 24.7 Å². The molecule has 5 nitrogen and oxygen atoms in total. The van der Waals surface area contributed by atoms with E-state index in [4.69, 9.17) is 4.74 Å². The van der Waals surface area contributed by atoms with Gasteiger partial charge in [-0.1, -0.05) is 27.7 Å². The highest BCUT2D eigenvalue weighted by Crippen LogP contribution is 2.23. The molecule has 0 amide bonds. The van der Waals surface area contributed by atoms with E-state index >= 15 is 0 Å². The highest BCUT2D eigenvalue weighted by Gasteiger charge is 2.15. The fraction of sp³-hybridized carbons (Fsp3) is 0.600. The minimum Gasteiger partial charge on any atom is -0.493 e. The number of sulfonamides is 1. The van der Waals surface area contributed by atoms with Gasteiger partial charge in [0.25, 0.3) is 0 Å². The van der Waals surface area contributed by atoms with E-state index in [1.165, 1.54) is 0 Å². The molecule has 0 atom stereocenters. The van der Waals surface area contributed by atoms with Gasteiger partial charge in [-0.15, -0.1) is 0 Å². The topological polar surface area (TPSA) is 67.4 Å². The van der Waals surface area contributed by atoms with Crippen LogP contribution in [0.1, 0.15) is 39.7 Å². The number of nitrogens with one attached hydrogen (secondary N) is 2. The molecule has 6 heteroatoms. The van der Waals surface area contributed by atoms with Crippen molar-refractivity contribution in [2.45, 2.75) is 51.6 Å². The Kier molecular flexibility index (Phi) is 7.14. The molecule has 0 radical (unpaired) electrons. The van der Waals surface area contributed by atoms with Gasteiger partial charge in [-0.25, -0.2) is 13.1 Å². The van der Waals surface area contributed by atoms with Crippen LogP contribution in [0.3, 0.4) is 0 Å². The van der Waals surface area contributed by atoms with Crippen LogP contribution in [-0.2, 0) is 16.6 Å². The van der Waals surface area contributed by atoms with Crippen LogP contribution in [-0.4, -0.2) is 27.6 Å². The molecule has 1 aromatic carbocycles. The number of benzene rings is 1. The van der Waals surface area contributed by atoms with Crippen molar-refractivity contribution >= 4 is 10.0 Å². The van der Waals surface area contributed by atoms with E-state index in [-0.39, 0.29) is 4.90 Å². The fourth-order valence-electron chi connectivity index (χ4n) is 1.80. The average Bonchev–Trinajstić information content (AvgIpc) is 2.43. The van der Waals surface area contributed by atoms with Gasteiger partial charge in [0.2, 0.25) is 10.0 Å². The predicted octanol–water partition coefficient (Wildman–Crippen LogP) is 2.27. The summed E-state index contributed by atoms with van der Waals surface area (Å²) in [6.45, 7) is 9.46. The molecule has 120 valence electrons. The third-order valence-corrected chi connectivity index (χ3v) is 4.38. The zero-order valence-electron chi connectivity index (χ0n) is 13.3. The molecule has 0 saturated carbocycles. The van der Waals surface area contributed by atoms with Crippen molar-refractivity contribution in [1.29, 1.82) is 0 Å². The van der Waals surface area contributed by atoms with E-state index in [0.717, 1.165) is 17.7 Å². The van der Waals surface area contributed by atoms with Crippen LogP contribution in [0.4, 0.5) is 0 Å². The molecular weight excluding hydrogens is 288 g/mol. The lowest BCUT2D eigenvalue weighted by Crippen LogP contribution is -2.25. The molecule has 0 aliphatic carbocycles. The Labute approximate surface area is 128 Å². The quantitative estimate of drug-likeness (QED) is 0.734. The smallest absolute Gasteiger partial charge is 0.240 e. The predicted molar refractivity (Wildman–Crippen MR) is 85.1 cm³/mol. The Balaban J connectivity index is 3.07. The molecule has 0 heterocycles. The minimum atomic E-state index is -3.44. The summed E-state index contributed by atoms with van der Waals surface area (Å²) in [5.41, 5.74) is 0.858. The highest BCUT2D eigenvalue weighted by atomic mass is 32.2. The first-order valence-electron chi connectivity index (χ1n) is 7.39. The third-order valence-electron chi connectivity index (χ3n) is 2.84. The zero-order chi connectivity index (χ0) is 15.9. The van der Waals surface area contributed by atoms with Gasteiger partial charge in [0.1, 0.15) is 5.75 Å². The number of rotatable bonds is 9. The molecule has 0 bridgehead atoms. The van der Waals surface area contributed by atoms with Gasteiger partial charge in [-0.3, -0.25) is 0 Å². The summed E-state index contributed by atoms with van der Waals surface area (Å²) in [7, 11) is -3.44. The van der Waals surface area contributed by atoms with Crippen LogP contribution in [0.25, 0.3) is 0 Å². The molecule has 0 aliphatic heterocycles. The normalized spacial score (nSPS) is 11.9. The Morgan fingerprint density at radius 3 is 2.52 bits per heavy atom. The van der Waals surface area contributed by atoms with Crippen molar-refractivity contribution in [3.05, 3.63) is 23.8 Å². The Morgan fingerprint density at radius 1 is 1.24 bits per heavy atom. The van der Waals surface area contributed by atoms with Crippen molar-refractivity contribution in [2.75, 3.05) is 13.2 Å². The number of hydrogen-bond acceptors (Lipinski definition) is 4. The lowest BCUT2D eigenvalue weighted by atomic mass is 10.2. The summed E-state index contributed by atoms with van der Waals surface area (Å²) < 4.78 is 32.3. The van der Waals surface area contributed by atoms with Gasteiger partial charge in [-0.2, -0.15) is 0 Å². The lowest BCUT2D eigenvalue weighted by molar-refractivity contribution is 0.312. The maximum absolute atomic E-state index is 12.1. The van der Waals surface area contributed by atoms with E-state index in [2.05, 4.69) is 10.0 Å². The highest BCUT2D eigenvalue weighted by molar-refractivity contribution is 7.89. The second-order valence-electron chi connectivity index (χ2n) is 5.15. The van der Waals surface area contributed by atoms with Crippen molar-refractivity contribution in [1.82, 2.24) is 10.0 Å². The summed E-state index contributed by atoms with van der Waals surface area (Å²) in [5, 5.41) is 3.29. The molecular formula is C15H26N2O3S. The molecule has 1 aromatic rings.